The van der Waals surface area contributed by atoms with E-state index < -0.39 is 11.9 Å². The highest BCUT2D eigenvalue weighted by molar-refractivity contribution is 7.10. The molecule has 1 unspecified atom stereocenters. The number of hydrogen-bond donors (Lipinski definition) is 1. The van der Waals surface area contributed by atoms with E-state index in [1.54, 1.807) is 18.2 Å². The van der Waals surface area contributed by atoms with Gasteiger partial charge in [0.2, 0.25) is 0 Å². The molecule has 3 aromatic rings. The number of methoxy groups -OCH3 is 1. The Morgan fingerprint density at radius 1 is 1.29 bits per heavy atom. The number of benzene rings is 2. The molecular weight excluding hydrogens is 327 g/mol. The number of aromatic nitrogens is 1. The topological polar surface area (TPSA) is 66.1 Å². The second kappa shape index (κ2) is 6.79. The fraction of sp³-hybridized carbons (Fsp3) is 0.111. The summed E-state index contributed by atoms with van der Waals surface area (Å²) in [5.74, 6) is -0.411. The molecule has 1 N–H and O–H groups in total. The predicted octanol–water partition coefficient (Wildman–Crippen LogP) is 3.91. The van der Waals surface area contributed by atoms with Crippen LogP contribution >= 0.6 is 11.3 Å². The average Bonchev–Trinajstić information content (AvgIpc) is 3.11. The molecule has 2 aromatic carbocycles. The Balaban J connectivity index is 1.91. The molecule has 0 fully saturated rings. The van der Waals surface area contributed by atoms with Gasteiger partial charge in [0, 0.05) is 10.9 Å². The molecule has 0 bridgehead atoms. The minimum absolute atomic E-state index is 0.0741. The van der Waals surface area contributed by atoms with E-state index in [-0.39, 0.29) is 5.75 Å². The van der Waals surface area contributed by atoms with Gasteiger partial charge in [-0.1, -0.05) is 18.2 Å². The fourth-order valence-corrected chi connectivity index (χ4v) is 3.12. The summed E-state index contributed by atoms with van der Waals surface area (Å²) in [6.45, 7) is 0. The van der Waals surface area contributed by atoms with Crippen molar-refractivity contribution in [2.75, 3.05) is 7.11 Å². The first-order valence-corrected chi connectivity index (χ1v) is 7.98. The lowest BCUT2D eigenvalue weighted by molar-refractivity contribution is 0.219. The maximum Gasteiger partial charge on any atom is 0.165 e. The minimum atomic E-state index is -0.975. The van der Waals surface area contributed by atoms with Crippen LogP contribution in [0.15, 0.2) is 47.8 Å². The van der Waals surface area contributed by atoms with Gasteiger partial charge in [0.1, 0.15) is 11.1 Å². The van der Waals surface area contributed by atoms with Gasteiger partial charge in [0.15, 0.2) is 11.6 Å². The second-order valence-corrected chi connectivity index (χ2v) is 5.95. The number of halogens is 1. The van der Waals surface area contributed by atoms with Crippen LogP contribution in [0.4, 0.5) is 4.39 Å². The Kier molecular flexibility index (Phi) is 4.56. The lowest BCUT2D eigenvalue weighted by Gasteiger charge is -2.10. The van der Waals surface area contributed by atoms with Gasteiger partial charge in [-0.05, 0) is 29.8 Å². The highest BCUT2D eigenvalue weighted by Crippen LogP contribution is 2.31. The van der Waals surface area contributed by atoms with Crippen molar-refractivity contribution in [1.82, 2.24) is 4.98 Å². The number of thiazole rings is 1. The van der Waals surface area contributed by atoms with Crippen molar-refractivity contribution >= 4 is 11.3 Å². The van der Waals surface area contributed by atoms with E-state index in [0.717, 1.165) is 5.56 Å². The van der Waals surface area contributed by atoms with Crippen LogP contribution < -0.4 is 4.74 Å². The first-order valence-electron chi connectivity index (χ1n) is 7.10. The van der Waals surface area contributed by atoms with Gasteiger partial charge in [0.05, 0.1) is 24.4 Å². The molecule has 1 atom stereocenters. The molecule has 120 valence electrons. The van der Waals surface area contributed by atoms with Crippen LogP contribution in [0, 0.1) is 17.1 Å². The number of rotatable bonds is 4. The smallest absolute Gasteiger partial charge is 0.165 e. The van der Waals surface area contributed by atoms with E-state index in [2.05, 4.69) is 11.1 Å². The Morgan fingerprint density at radius 2 is 2.12 bits per heavy atom. The van der Waals surface area contributed by atoms with Crippen molar-refractivity contribution in [2.24, 2.45) is 0 Å². The molecule has 0 amide bonds. The van der Waals surface area contributed by atoms with Gasteiger partial charge in [-0.3, -0.25) is 0 Å². The van der Waals surface area contributed by atoms with Crippen LogP contribution in [0.1, 0.15) is 22.2 Å². The van der Waals surface area contributed by atoms with Gasteiger partial charge in [0.25, 0.3) is 0 Å². The molecule has 0 saturated carbocycles. The molecular formula is C18H13FN2O2S. The van der Waals surface area contributed by atoms with E-state index in [9.17, 15) is 9.50 Å². The SMILES string of the molecule is COc1cc(C(O)c2nc(-c3cccc(C#N)c3)cs2)ccc1F. The fourth-order valence-electron chi connectivity index (χ4n) is 2.28. The van der Waals surface area contributed by atoms with E-state index in [1.807, 2.05) is 11.4 Å². The Hall–Kier alpha value is -2.75. The van der Waals surface area contributed by atoms with E-state index in [0.29, 0.717) is 21.8 Å². The van der Waals surface area contributed by atoms with Crippen LogP contribution in [0.3, 0.4) is 0 Å². The van der Waals surface area contributed by atoms with Crippen LogP contribution in [0.25, 0.3) is 11.3 Å². The Bertz CT molecular complexity index is 917. The van der Waals surface area contributed by atoms with E-state index in [1.165, 1.54) is 36.6 Å². The van der Waals surface area contributed by atoms with Crippen molar-refractivity contribution in [3.05, 3.63) is 69.8 Å². The third kappa shape index (κ3) is 3.13. The number of aliphatic hydroxyl groups is 1. The number of nitrogens with zero attached hydrogens (tertiary/aromatic N) is 2. The summed E-state index contributed by atoms with van der Waals surface area (Å²) in [5.41, 5.74) is 2.53. The standard InChI is InChI=1S/C18H13FN2O2S/c1-23-16-8-13(5-6-14(16)19)17(22)18-21-15(10-24-18)12-4-2-3-11(7-12)9-20/h2-8,10,17,22H,1H3. The zero-order valence-corrected chi connectivity index (χ0v) is 13.5. The quantitative estimate of drug-likeness (QED) is 0.782. The van der Waals surface area contributed by atoms with Crippen molar-refractivity contribution in [3.8, 4) is 23.1 Å². The summed E-state index contributed by atoms with van der Waals surface area (Å²) in [4.78, 5) is 4.43. The predicted molar refractivity (Wildman–Crippen MR) is 89.3 cm³/mol. The zero-order valence-electron chi connectivity index (χ0n) is 12.7. The summed E-state index contributed by atoms with van der Waals surface area (Å²) >= 11 is 1.30. The minimum Gasteiger partial charge on any atom is -0.494 e. The molecule has 0 aliphatic heterocycles. The number of nitriles is 1. The summed E-state index contributed by atoms with van der Waals surface area (Å²) in [5, 5.41) is 21.8. The molecule has 0 spiro atoms. The highest BCUT2D eigenvalue weighted by atomic mass is 32.1. The maximum absolute atomic E-state index is 13.5. The highest BCUT2D eigenvalue weighted by Gasteiger charge is 2.17. The largest absolute Gasteiger partial charge is 0.494 e. The molecule has 3 rings (SSSR count). The van der Waals surface area contributed by atoms with Crippen LogP contribution in [-0.4, -0.2) is 17.2 Å². The van der Waals surface area contributed by atoms with E-state index in [4.69, 9.17) is 10.00 Å². The van der Waals surface area contributed by atoms with Crippen molar-refractivity contribution < 1.29 is 14.2 Å². The first kappa shape index (κ1) is 16.1. The normalized spacial score (nSPS) is 11.8. The molecule has 1 heterocycles. The zero-order chi connectivity index (χ0) is 17.1. The molecule has 0 saturated heterocycles. The van der Waals surface area contributed by atoms with Crippen molar-refractivity contribution in [1.29, 1.82) is 5.26 Å². The summed E-state index contributed by atoms with van der Waals surface area (Å²) in [6.07, 6.45) is -0.975. The Morgan fingerprint density at radius 3 is 2.88 bits per heavy atom. The first-order chi connectivity index (χ1) is 11.6. The van der Waals surface area contributed by atoms with Crippen LogP contribution in [0.5, 0.6) is 5.75 Å². The third-order valence-electron chi connectivity index (χ3n) is 3.53. The molecule has 0 aliphatic rings. The molecule has 0 radical (unpaired) electrons. The van der Waals surface area contributed by atoms with Gasteiger partial charge in [-0.25, -0.2) is 9.37 Å². The summed E-state index contributed by atoms with van der Waals surface area (Å²) < 4.78 is 18.4. The third-order valence-corrected chi connectivity index (χ3v) is 4.43. The van der Waals surface area contributed by atoms with Gasteiger partial charge < -0.3 is 9.84 Å². The monoisotopic (exact) mass is 340 g/mol. The average molecular weight is 340 g/mol. The molecule has 4 nitrogen and oxygen atoms in total. The van der Waals surface area contributed by atoms with Gasteiger partial charge in [-0.15, -0.1) is 11.3 Å². The lowest BCUT2D eigenvalue weighted by Crippen LogP contribution is -2.00. The Labute approximate surface area is 142 Å². The molecule has 24 heavy (non-hydrogen) atoms. The maximum atomic E-state index is 13.5. The second-order valence-electron chi connectivity index (χ2n) is 5.06. The number of ether oxygens (including phenoxy) is 1. The van der Waals surface area contributed by atoms with Crippen molar-refractivity contribution in [3.63, 3.8) is 0 Å². The van der Waals surface area contributed by atoms with Gasteiger partial charge >= 0.3 is 0 Å². The van der Waals surface area contributed by atoms with E-state index >= 15 is 0 Å². The lowest BCUT2D eigenvalue weighted by atomic mass is 10.1. The molecule has 0 aliphatic carbocycles. The summed E-state index contributed by atoms with van der Waals surface area (Å²) in [7, 11) is 1.37. The molecule has 6 heteroatoms. The van der Waals surface area contributed by atoms with Crippen LogP contribution in [0.2, 0.25) is 0 Å². The molecule has 1 aromatic heterocycles. The summed E-state index contributed by atoms with van der Waals surface area (Å²) in [6, 6.07) is 13.4. The van der Waals surface area contributed by atoms with Crippen LogP contribution in [-0.2, 0) is 0 Å². The van der Waals surface area contributed by atoms with Crippen molar-refractivity contribution in [2.45, 2.75) is 6.10 Å². The number of aliphatic hydroxyl groups excluding tert-OH is 1. The van der Waals surface area contributed by atoms with Gasteiger partial charge in [-0.2, -0.15) is 5.26 Å². The number of hydrogen-bond acceptors (Lipinski definition) is 5.